The fraction of sp³-hybridized carbons (Fsp3) is 0.321. The van der Waals surface area contributed by atoms with Crippen LogP contribution in [0.2, 0.25) is 0 Å². The van der Waals surface area contributed by atoms with Gasteiger partial charge in [0.2, 0.25) is 5.91 Å². The fourth-order valence-electron chi connectivity index (χ4n) is 5.22. The molecule has 5 rings (SSSR count). The van der Waals surface area contributed by atoms with Crippen LogP contribution in [0.5, 0.6) is 5.75 Å². The number of non-ortho nitro benzene ring substituents is 1. The van der Waals surface area contributed by atoms with E-state index in [-0.39, 0.29) is 29.4 Å². The number of piperazine rings is 1. The Morgan fingerprint density at radius 3 is 2.62 bits per heavy atom. The summed E-state index contributed by atoms with van der Waals surface area (Å²) in [7, 11) is 0. The number of nitro benzene ring substituents is 1. The van der Waals surface area contributed by atoms with E-state index in [1.54, 1.807) is 24.3 Å². The van der Waals surface area contributed by atoms with Crippen molar-refractivity contribution in [2.24, 2.45) is 5.92 Å². The van der Waals surface area contributed by atoms with E-state index in [0.717, 1.165) is 35.7 Å². The molecule has 192 valence electrons. The summed E-state index contributed by atoms with van der Waals surface area (Å²) < 4.78 is 19.1. The summed E-state index contributed by atoms with van der Waals surface area (Å²) in [6.07, 6.45) is 0.418. The topological polar surface area (TPSA) is 87.9 Å². The summed E-state index contributed by atoms with van der Waals surface area (Å²) >= 11 is 0. The smallest absolute Gasteiger partial charge is 0.269 e. The van der Waals surface area contributed by atoms with Crippen LogP contribution in [0.3, 0.4) is 0 Å². The zero-order valence-electron chi connectivity index (χ0n) is 20.4. The van der Waals surface area contributed by atoms with E-state index in [1.165, 1.54) is 18.2 Å². The van der Waals surface area contributed by atoms with Crippen molar-refractivity contribution < 1.29 is 18.8 Å². The van der Waals surface area contributed by atoms with Crippen LogP contribution in [-0.4, -0.2) is 54.6 Å². The van der Waals surface area contributed by atoms with Crippen molar-refractivity contribution in [1.82, 2.24) is 10.2 Å². The van der Waals surface area contributed by atoms with Gasteiger partial charge in [-0.1, -0.05) is 30.3 Å². The minimum atomic E-state index is -0.402. The van der Waals surface area contributed by atoms with E-state index in [1.807, 2.05) is 30.3 Å². The van der Waals surface area contributed by atoms with Gasteiger partial charge in [0.25, 0.3) is 5.69 Å². The van der Waals surface area contributed by atoms with Crippen LogP contribution in [0.25, 0.3) is 0 Å². The number of carbonyl (C=O) groups is 1. The maximum atomic E-state index is 13.4. The van der Waals surface area contributed by atoms with Gasteiger partial charge >= 0.3 is 0 Å². The Labute approximate surface area is 214 Å². The maximum Gasteiger partial charge on any atom is 0.269 e. The standard InChI is InChI=1S/C28H29FN4O4/c29-22-8-6-20(7-9-22)18-30-28(34)25-17-21-16-23(33(35)36)10-11-26(21)32-13-12-31(19-27(25)32)14-15-37-24-4-2-1-3-5-24/h1-11,16,25,27H,12-15,17-19H2,(H,30,34). The Morgan fingerprint density at radius 1 is 1.08 bits per heavy atom. The van der Waals surface area contributed by atoms with Crippen LogP contribution in [-0.2, 0) is 17.8 Å². The van der Waals surface area contributed by atoms with E-state index in [9.17, 15) is 19.3 Å². The minimum absolute atomic E-state index is 0.0272. The second-order valence-corrected chi connectivity index (χ2v) is 9.45. The molecule has 1 saturated heterocycles. The van der Waals surface area contributed by atoms with Crippen LogP contribution in [0.4, 0.5) is 15.8 Å². The normalized spacial score (nSPS) is 19.0. The molecule has 2 heterocycles. The number of nitrogens with one attached hydrogen (secondary N) is 1. The molecule has 1 amide bonds. The van der Waals surface area contributed by atoms with Gasteiger partial charge in [0.15, 0.2) is 0 Å². The third-order valence-corrected chi connectivity index (χ3v) is 7.13. The molecule has 0 aromatic heterocycles. The van der Waals surface area contributed by atoms with Crippen LogP contribution >= 0.6 is 0 Å². The second kappa shape index (κ2) is 11.0. The van der Waals surface area contributed by atoms with Crippen molar-refractivity contribution in [3.05, 3.63) is 99.9 Å². The average molecular weight is 505 g/mol. The summed E-state index contributed by atoms with van der Waals surface area (Å²) in [5.41, 5.74) is 2.60. The molecule has 2 atom stereocenters. The zero-order valence-corrected chi connectivity index (χ0v) is 20.4. The summed E-state index contributed by atoms with van der Waals surface area (Å²) in [4.78, 5) is 28.9. The monoisotopic (exact) mass is 504 g/mol. The third kappa shape index (κ3) is 5.72. The molecule has 0 aliphatic carbocycles. The lowest BCUT2D eigenvalue weighted by atomic mass is 9.83. The number of rotatable bonds is 8. The molecule has 1 N–H and O–H groups in total. The second-order valence-electron chi connectivity index (χ2n) is 9.45. The molecule has 3 aromatic rings. The van der Waals surface area contributed by atoms with Crippen molar-refractivity contribution in [2.75, 3.05) is 37.7 Å². The quantitative estimate of drug-likeness (QED) is 0.371. The number of halogens is 1. The number of nitro groups is 1. The predicted molar refractivity (Wildman–Crippen MR) is 138 cm³/mol. The zero-order chi connectivity index (χ0) is 25.8. The van der Waals surface area contributed by atoms with Crippen molar-refractivity contribution in [3.63, 3.8) is 0 Å². The molecular formula is C28H29FN4O4. The highest BCUT2D eigenvalue weighted by Gasteiger charge is 2.41. The Bertz CT molecular complexity index is 1250. The number of hydrogen-bond acceptors (Lipinski definition) is 6. The molecule has 37 heavy (non-hydrogen) atoms. The van der Waals surface area contributed by atoms with E-state index in [0.29, 0.717) is 32.7 Å². The highest BCUT2D eigenvalue weighted by molar-refractivity contribution is 5.82. The Hall–Kier alpha value is -3.98. The highest BCUT2D eigenvalue weighted by Crippen LogP contribution is 2.38. The molecule has 9 heteroatoms. The Morgan fingerprint density at radius 2 is 1.86 bits per heavy atom. The fourth-order valence-corrected chi connectivity index (χ4v) is 5.22. The number of carbonyl (C=O) groups excluding carboxylic acids is 1. The molecule has 0 radical (unpaired) electrons. The summed E-state index contributed by atoms with van der Waals surface area (Å²) in [6.45, 7) is 3.76. The van der Waals surface area contributed by atoms with Gasteiger partial charge in [-0.15, -0.1) is 0 Å². The highest BCUT2D eigenvalue weighted by atomic mass is 19.1. The van der Waals surface area contributed by atoms with Crippen LogP contribution in [0, 0.1) is 21.8 Å². The largest absolute Gasteiger partial charge is 0.492 e. The SMILES string of the molecule is O=C(NCc1ccc(F)cc1)C1Cc2cc([N+](=O)[O-])ccc2N2CCN(CCOc3ccccc3)CC12. The van der Waals surface area contributed by atoms with E-state index in [2.05, 4.69) is 15.1 Å². The molecule has 3 aromatic carbocycles. The number of amides is 1. The molecule has 8 nitrogen and oxygen atoms in total. The Balaban J connectivity index is 1.31. The minimum Gasteiger partial charge on any atom is -0.492 e. The lowest BCUT2D eigenvalue weighted by Crippen LogP contribution is -2.61. The number of hydrogen-bond donors (Lipinski definition) is 1. The van der Waals surface area contributed by atoms with Gasteiger partial charge in [-0.25, -0.2) is 4.39 Å². The first kappa shape index (κ1) is 24.7. The molecule has 0 spiro atoms. The van der Waals surface area contributed by atoms with Gasteiger partial charge in [0, 0.05) is 50.5 Å². The summed E-state index contributed by atoms with van der Waals surface area (Å²) in [6, 6.07) is 20.6. The summed E-state index contributed by atoms with van der Waals surface area (Å²) in [5.74, 6) is 0.00812. The molecule has 2 aliphatic rings. The molecule has 2 unspecified atom stereocenters. The van der Waals surface area contributed by atoms with E-state index < -0.39 is 4.92 Å². The first-order chi connectivity index (χ1) is 18.0. The predicted octanol–water partition coefficient (Wildman–Crippen LogP) is 3.79. The van der Waals surface area contributed by atoms with E-state index >= 15 is 0 Å². The lowest BCUT2D eigenvalue weighted by Gasteiger charge is -2.49. The number of para-hydroxylation sites is 1. The van der Waals surface area contributed by atoms with Crippen LogP contribution in [0.1, 0.15) is 11.1 Å². The Kier molecular flexibility index (Phi) is 7.32. The third-order valence-electron chi connectivity index (χ3n) is 7.13. The lowest BCUT2D eigenvalue weighted by molar-refractivity contribution is -0.384. The van der Waals surface area contributed by atoms with Gasteiger partial charge in [0.05, 0.1) is 16.9 Å². The van der Waals surface area contributed by atoms with Crippen LogP contribution < -0.4 is 15.0 Å². The van der Waals surface area contributed by atoms with Gasteiger partial charge < -0.3 is 15.0 Å². The van der Waals surface area contributed by atoms with Crippen molar-refractivity contribution >= 4 is 17.3 Å². The average Bonchev–Trinajstić information content (AvgIpc) is 2.92. The van der Waals surface area contributed by atoms with Gasteiger partial charge in [0.1, 0.15) is 18.2 Å². The van der Waals surface area contributed by atoms with Crippen molar-refractivity contribution in [3.8, 4) is 5.75 Å². The number of benzene rings is 3. The molecule has 0 saturated carbocycles. The van der Waals surface area contributed by atoms with Crippen molar-refractivity contribution in [1.29, 1.82) is 0 Å². The van der Waals surface area contributed by atoms with Gasteiger partial charge in [-0.05, 0) is 47.9 Å². The number of nitrogens with zero attached hydrogens (tertiary/aromatic N) is 3. The molecule has 1 fully saturated rings. The van der Waals surface area contributed by atoms with Gasteiger partial charge in [-0.2, -0.15) is 0 Å². The van der Waals surface area contributed by atoms with Crippen LogP contribution in [0.15, 0.2) is 72.8 Å². The molecular weight excluding hydrogens is 475 g/mol. The summed E-state index contributed by atoms with van der Waals surface area (Å²) in [5, 5.41) is 14.4. The maximum absolute atomic E-state index is 13.4. The number of fused-ring (bicyclic) bond motifs is 3. The first-order valence-electron chi connectivity index (χ1n) is 12.4. The van der Waals surface area contributed by atoms with Gasteiger partial charge in [-0.3, -0.25) is 19.8 Å². The molecule has 0 bridgehead atoms. The number of anilines is 1. The van der Waals surface area contributed by atoms with E-state index in [4.69, 9.17) is 4.74 Å². The first-order valence-corrected chi connectivity index (χ1v) is 12.4. The molecule has 2 aliphatic heterocycles. The van der Waals surface area contributed by atoms with Crippen molar-refractivity contribution in [2.45, 2.75) is 19.0 Å². The number of ether oxygens (including phenoxy) is 1.